The molecule has 0 spiro atoms. The molecule has 0 bridgehead atoms. The Morgan fingerprint density at radius 2 is 1.44 bits per heavy atom. The van der Waals surface area contributed by atoms with Crippen LogP contribution in [0.1, 0.15) is 74.8 Å². The summed E-state index contributed by atoms with van der Waals surface area (Å²) < 4.78 is 21.2. The van der Waals surface area contributed by atoms with Crippen LogP contribution in [0.15, 0.2) is 84.9 Å². The Hall–Kier alpha value is -5.87. The molecule has 0 saturated carbocycles. The topological polar surface area (TPSA) is 206 Å². The quantitative estimate of drug-likeness (QED) is 0.0461. The first-order valence-corrected chi connectivity index (χ1v) is 17.8. The molecule has 1 amide bonds. The molecule has 4 aromatic rings. The van der Waals surface area contributed by atoms with Gasteiger partial charge in [0.25, 0.3) is 16.1 Å². The van der Waals surface area contributed by atoms with Gasteiger partial charge in [-0.3, -0.25) is 9.59 Å². The zero-order valence-electron chi connectivity index (χ0n) is 30.7. The fraction of sp³-hybridized carbons (Fsp3) is 0.385. The van der Waals surface area contributed by atoms with Gasteiger partial charge in [-0.05, 0) is 86.1 Å². The van der Waals surface area contributed by atoms with E-state index < -0.39 is 59.4 Å². The molecular formula is C39H45FN4O11. The molecule has 3 aromatic carbocycles. The minimum absolute atomic E-state index is 0.000676. The van der Waals surface area contributed by atoms with E-state index in [0.29, 0.717) is 33.8 Å². The van der Waals surface area contributed by atoms with Gasteiger partial charge in [0.1, 0.15) is 24.6 Å². The smallest absolute Gasteiger partial charge is 0.308 e. The first kappa shape index (κ1) is 41.9. The zero-order valence-corrected chi connectivity index (χ0v) is 30.7. The monoisotopic (exact) mass is 764 g/mol. The van der Waals surface area contributed by atoms with Crippen molar-refractivity contribution in [1.29, 1.82) is 0 Å². The number of para-hydroxylation sites is 1. The number of nitrogens with zero attached hydrogens (tertiary/aromatic N) is 3. The summed E-state index contributed by atoms with van der Waals surface area (Å²) in [5.41, 5.74) is 4.33. The molecule has 0 saturated heterocycles. The lowest BCUT2D eigenvalue weighted by molar-refractivity contribution is -0.772. The van der Waals surface area contributed by atoms with Gasteiger partial charge in [0.05, 0.1) is 29.9 Å². The number of anilines is 1. The predicted molar refractivity (Wildman–Crippen MR) is 199 cm³/mol. The number of rotatable bonds is 21. The van der Waals surface area contributed by atoms with Gasteiger partial charge < -0.3 is 34.5 Å². The van der Waals surface area contributed by atoms with E-state index in [1.54, 1.807) is 24.3 Å². The molecule has 0 aliphatic rings. The van der Waals surface area contributed by atoms with Gasteiger partial charge in [-0.15, -0.1) is 20.2 Å². The summed E-state index contributed by atoms with van der Waals surface area (Å²) >= 11 is 0. The lowest BCUT2D eigenvalue weighted by Gasteiger charge is -2.20. The normalized spacial score (nSPS) is 13.4. The number of carbonyl (C=O) groups excluding carboxylic acids is 2. The fourth-order valence-electron chi connectivity index (χ4n) is 6.35. The van der Waals surface area contributed by atoms with Crippen molar-refractivity contribution in [3.8, 4) is 22.4 Å². The number of hydrogen-bond acceptors (Lipinski definition) is 11. The van der Waals surface area contributed by atoms with Crippen molar-refractivity contribution >= 4 is 17.6 Å². The van der Waals surface area contributed by atoms with Crippen LogP contribution in [0, 0.1) is 26.0 Å². The molecule has 1 heterocycles. The molecule has 0 aliphatic carbocycles. The van der Waals surface area contributed by atoms with Crippen LogP contribution < -0.4 is 5.32 Å². The highest BCUT2D eigenvalue weighted by atomic mass is 19.1. The van der Waals surface area contributed by atoms with E-state index in [0.717, 1.165) is 5.56 Å². The molecule has 294 valence electrons. The summed E-state index contributed by atoms with van der Waals surface area (Å²) in [7, 11) is 0. The second-order valence-corrected chi connectivity index (χ2v) is 13.4. The number of ether oxygens (including phenoxy) is 1. The maximum atomic E-state index is 14.2. The third-order valence-corrected chi connectivity index (χ3v) is 8.75. The van der Waals surface area contributed by atoms with E-state index in [4.69, 9.17) is 4.74 Å². The van der Waals surface area contributed by atoms with E-state index in [2.05, 4.69) is 15.0 Å². The summed E-state index contributed by atoms with van der Waals surface area (Å²) in [4.78, 5) is 57.1. The molecule has 4 rings (SSSR count). The van der Waals surface area contributed by atoms with Crippen LogP contribution in [-0.2, 0) is 25.8 Å². The van der Waals surface area contributed by atoms with Gasteiger partial charge in [0.2, 0.25) is 0 Å². The van der Waals surface area contributed by atoms with Gasteiger partial charge >= 0.3 is 5.97 Å². The van der Waals surface area contributed by atoms with Crippen LogP contribution in [0.4, 0.5) is 10.1 Å². The molecule has 16 heteroatoms. The van der Waals surface area contributed by atoms with Crippen molar-refractivity contribution in [1.82, 2.24) is 4.57 Å². The minimum Gasteiger partial charge on any atom is -0.463 e. The van der Waals surface area contributed by atoms with Crippen molar-refractivity contribution in [3.63, 3.8) is 0 Å². The standard InChI is InChI=1S/C39H45FN4O11/c1-25(2)37-36(39(48)41-30-12-8-5-9-13-30)35(27-10-6-4-7-11-27)38(28-15-17-29(40)18-16-28)42(37)21-20-31(45)22-32(46)23-34(47)53-24-33(55-44(51)52)19-14-26(3)54-43(49)50/h4-13,15-18,25-26,31-33,45-46H,14,19-24H2,1-3H3,(H,41,48)/t26?,31-,32-,33?/m1/s1. The fourth-order valence-corrected chi connectivity index (χ4v) is 6.35. The highest BCUT2D eigenvalue weighted by molar-refractivity contribution is 6.12. The predicted octanol–water partition coefficient (Wildman–Crippen LogP) is 6.73. The Morgan fingerprint density at radius 1 is 0.818 bits per heavy atom. The molecule has 0 radical (unpaired) electrons. The number of hydrogen-bond donors (Lipinski definition) is 3. The average molecular weight is 765 g/mol. The summed E-state index contributed by atoms with van der Waals surface area (Å²) in [5.74, 6) is -1.89. The van der Waals surface area contributed by atoms with Gasteiger partial charge in [-0.25, -0.2) is 4.39 Å². The Morgan fingerprint density at radius 3 is 2.04 bits per heavy atom. The van der Waals surface area contributed by atoms with E-state index >= 15 is 0 Å². The first-order valence-electron chi connectivity index (χ1n) is 17.8. The second kappa shape index (κ2) is 20.0. The number of esters is 1. The average Bonchev–Trinajstić information content (AvgIpc) is 3.48. The number of carbonyl (C=O) groups is 2. The van der Waals surface area contributed by atoms with Crippen molar-refractivity contribution < 1.29 is 48.8 Å². The largest absolute Gasteiger partial charge is 0.463 e. The summed E-state index contributed by atoms with van der Waals surface area (Å²) in [5, 5.41) is 44.2. The second-order valence-electron chi connectivity index (χ2n) is 13.4. The third-order valence-electron chi connectivity index (χ3n) is 8.75. The van der Waals surface area contributed by atoms with Crippen LogP contribution in [0.25, 0.3) is 22.4 Å². The molecule has 0 fully saturated rings. The number of aliphatic hydroxyl groups excluding tert-OH is 2. The maximum Gasteiger partial charge on any atom is 0.308 e. The number of aliphatic hydroxyl groups is 2. The summed E-state index contributed by atoms with van der Waals surface area (Å²) in [6.45, 7) is 4.91. The molecule has 3 N–H and O–H groups in total. The Bertz CT molecular complexity index is 1890. The van der Waals surface area contributed by atoms with Gasteiger partial charge in [0, 0.05) is 23.5 Å². The molecule has 0 aliphatic heterocycles. The molecule has 1 aromatic heterocycles. The SMILES string of the molecule is CC(CCC(COC(=O)C[C@H](O)C[C@H](O)CCn1c(-c2ccc(F)cc2)c(-c2ccccc2)c(C(=O)Nc2ccccc2)c1C(C)C)O[N+](=O)[O-])O[N+](=O)[O-]. The number of nitrogens with one attached hydrogen (secondary N) is 1. The van der Waals surface area contributed by atoms with Crippen LogP contribution >= 0.6 is 0 Å². The lowest BCUT2D eigenvalue weighted by Crippen LogP contribution is -2.28. The summed E-state index contributed by atoms with van der Waals surface area (Å²) in [6.07, 6.45) is -5.35. The number of halogens is 1. The molecule has 15 nitrogen and oxygen atoms in total. The van der Waals surface area contributed by atoms with Crippen LogP contribution in [0.2, 0.25) is 0 Å². The van der Waals surface area contributed by atoms with E-state index in [9.17, 15) is 44.4 Å². The highest BCUT2D eigenvalue weighted by Gasteiger charge is 2.31. The van der Waals surface area contributed by atoms with Crippen molar-refractivity contribution in [2.24, 2.45) is 0 Å². The van der Waals surface area contributed by atoms with Crippen LogP contribution in [0.3, 0.4) is 0 Å². The van der Waals surface area contributed by atoms with Gasteiger partial charge in [-0.1, -0.05) is 62.4 Å². The minimum atomic E-state index is -1.34. The zero-order chi connectivity index (χ0) is 40.1. The highest BCUT2D eigenvalue weighted by Crippen LogP contribution is 2.42. The lowest BCUT2D eigenvalue weighted by atomic mass is 9.94. The van der Waals surface area contributed by atoms with E-state index in [1.807, 2.05) is 66.9 Å². The molecule has 55 heavy (non-hydrogen) atoms. The Kier molecular flexibility index (Phi) is 15.2. The molecule has 2 unspecified atom stereocenters. The number of aromatic nitrogens is 1. The maximum absolute atomic E-state index is 14.2. The number of benzene rings is 3. The first-order chi connectivity index (χ1) is 26.2. The van der Waals surface area contributed by atoms with Crippen molar-refractivity contribution in [2.75, 3.05) is 11.9 Å². The van der Waals surface area contributed by atoms with Crippen molar-refractivity contribution in [3.05, 3.63) is 122 Å². The van der Waals surface area contributed by atoms with Crippen LogP contribution in [0.5, 0.6) is 0 Å². The Balaban J connectivity index is 1.55. The van der Waals surface area contributed by atoms with Crippen LogP contribution in [-0.4, -0.2) is 67.9 Å². The van der Waals surface area contributed by atoms with Crippen molar-refractivity contribution in [2.45, 2.75) is 89.8 Å². The van der Waals surface area contributed by atoms with Gasteiger partial charge in [0.15, 0.2) is 0 Å². The number of amides is 1. The van der Waals surface area contributed by atoms with Gasteiger partial charge in [-0.2, -0.15) is 0 Å². The van der Waals surface area contributed by atoms with E-state index in [-0.39, 0.29) is 44.1 Å². The molecule has 4 atom stereocenters. The Labute approximate surface area is 316 Å². The van der Waals surface area contributed by atoms with E-state index in [1.165, 1.54) is 19.1 Å². The molecular weight excluding hydrogens is 719 g/mol. The summed E-state index contributed by atoms with van der Waals surface area (Å²) in [6, 6.07) is 24.3. The third kappa shape index (κ3) is 12.3.